The second kappa shape index (κ2) is 4.90. The van der Waals surface area contributed by atoms with Crippen molar-refractivity contribution < 1.29 is 14.4 Å². The number of nitrogens with one attached hydrogen (secondary N) is 1. The molecular weight excluding hydrogens is 196 g/mol. The van der Waals surface area contributed by atoms with Crippen LogP contribution in [0.3, 0.4) is 0 Å². The van der Waals surface area contributed by atoms with Crippen LogP contribution < -0.4 is 11.1 Å². The van der Waals surface area contributed by atoms with Gasteiger partial charge < -0.3 is 11.1 Å². The van der Waals surface area contributed by atoms with E-state index in [0.717, 1.165) is 0 Å². The molecule has 3 N–H and O–H groups in total. The summed E-state index contributed by atoms with van der Waals surface area (Å²) in [5.74, 6) is -2.21. The van der Waals surface area contributed by atoms with Gasteiger partial charge in [-0.1, -0.05) is 30.3 Å². The highest BCUT2D eigenvalue weighted by molar-refractivity contribution is 6.43. The van der Waals surface area contributed by atoms with Gasteiger partial charge in [0.2, 0.25) is 11.7 Å². The van der Waals surface area contributed by atoms with Crippen LogP contribution in [0.25, 0.3) is 0 Å². The third-order valence-electron chi connectivity index (χ3n) is 1.67. The van der Waals surface area contributed by atoms with Gasteiger partial charge in [0, 0.05) is 5.56 Å². The molecule has 15 heavy (non-hydrogen) atoms. The second-order valence-corrected chi connectivity index (χ2v) is 2.84. The molecule has 0 radical (unpaired) electrons. The number of ketones is 1. The first-order valence-electron chi connectivity index (χ1n) is 4.27. The topological polar surface area (TPSA) is 89.3 Å². The molecule has 5 nitrogen and oxygen atoms in total. The highest BCUT2D eigenvalue weighted by atomic mass is 16.2. The van der Waals surface area contributed by atoms with Crippen LogP contribution in [-0.4, -0.2) is 24.1 Å². The van der Waals surface area contributed by atoms with E-state index in [0.29, 0.717) is 0 Å². The van der Waals surface area contributed by atoms with Gasteiger partial charge in [0.15, 0.2) is 0 Å². The van der Waals surface area contributed by atoms with E-state index in [1.807, 2.05) is 0 Å². The molecule has 78 valence electrons. The van der Waals surface area contributed by atoms with Crippen LogP contribution in [0.1, 0.15) is 10.4 Å². The molecule has 1 aromatic carbocycles. The summed E-state index contributed by atoms with van der Waals surface area (Å²) in [6, 6.07) is 8.07. The number of primary amides is 1. The Morgan fingerprint density at radius 3 is 2.27 bits per heavy atom. The molecule has 0 aliphatic rings. The normalized spacial score (nSPS) is 9.33. The molecule has 0 fully saturated rings. The summed E-state index contributed by atoms with van der Waals surface area (Å²) in [5.41, 5.74) is 5.09. The van der Waals surface area contributed by atoms with Crippen molar-refractivity contribution in [3.05, 3.63) is 35.9 Å². The SMILES string of the molecule is NC(=O)CNC(=O)C(=O)c1ccccc1. The smallest absolute Gasteiger partial charge is 0.292 e. The average Bonchev–Trinajstić information content (AvgIpc) is 2.26. The quantitative estimate of drug-likeness (QED) is 0.512. The molecule has 1 rings (SSSR count). The van der Waals surface area contributed by atoms with Crippen molar-refractivity contribution in [3.8, 4) is 0 Å². The van der Waals surface area contributed by atoms with E-state index in [1.54, 1.807) is 18.2 Å². The predicted octanol–water partition coefficient (Wildman–Crippen LogP) is -0.529. The summed E-state index contributed by atoms with van der Waals surface area (Å²) < 4.78 is 0. The lowest BCUT2D eigenvalue weighted by atomic mass is 10.1. The fourth-order valence-corrected chi connectivity index (χ4v) is 0.968. The van der Waals surface area contributed by atoms with Crippen molar-refractivity contribution in [2.24, 2.45) is 5.73 Å². The Hall–Kier alpha value is -2.17. The van der Waals surface area contributed by atoms with Crippen LogP contribution >= 0.6 is 0 Å². The van der Waals surface area contributed by atoms with Crippen LogP contribution in [0.2, 0.25) is 0 Å². The first-order valence-corrected chi connectivity index (χ1v) is 4.27. The number of nitrogens with two attached hydrogens (primary N) is 1. The van der Waals surface area contributed by atoms with Crippen LogP contribution in [0.15, 0.2) is 30.3 Å². The number of Topliss-reactive ketones (excluding diaryl/α,β-unsaturated/α-hetero) is 1. The van der Waals surface area contributed by atoms with E-state index < -0.39 is 17.6 Å². The van der Waals surface area contributed by atoms with Crippen LogP contribution in [0, 0.1) is 0 Å². The van der Waals surface area contributed by atoms with Gasteiger partial charge >= 0.3 is 0 Å². The van der Waals surface area contributed by atoms with E-state index in [2.05, 4.69) is 5.32 Å². The minimum atomic E-state index is -0.833. The molecule has 5 heteroatoms. The van der Waals surface area contributed by atoms with Crippen LogP contribution in [-0.2, 0) is 9.59 Å². The maximum absolute atomic E-state index is 11.4. The molecule has 0 heterocycles. The molecule has 0 bridgehead atoms. The van der Waals surface area contributed by atoms with Gasteiger partial charge in [-0.2, -0.15) is 0 Å². The molecule has 0 atom stereocenters. The van der Waals surface area contributed by atoms with Gasteiger partial charge in [-0.3, -0.25) is 14.4 Å². The van der Waals surface area contributed by atoms with E-state index in [1.165, 1.54) is 12.1 Å². The maximum atomic E-state index is 11.4. The molecule has 0 aromatic heterocycles. The number of carbonyl (C=O) groups excluding carboxylic acids is 3. The highest BCUT2D eigenvalue weighted by Crippen LogP contribution is 1.99. The standard InChI is InChI=1S/C10H10N2O3/c11-8(13)6-12-10(15)9(14)7-4-2-1-3-5-7/h1-5H,6H2,(H2,11,13)(H,12,15). The van der Waals surface area contributed by atoms with Gasteiger partial charge in [-0.05, 0) is 0 Å². The molecule has 0 aliphatic carbocycles. The maximum Gasteiger partial charge on any atom is 0.292 e. The number of hydrogen-bond donors (Lipinski definition) is 2. The lowest BCUT2D eigenvalue weighted by molar-refractivity contribution is -0.122. The molecule has 0 unspecified atom stereocenters. The molecular formula is C10H10N2O3. The predicted molar refractivity (Wildman–Crippen MR) is 53.0 cm³/mol. The van der Waals surface area contributed by atoms with Crippen molar-refractivity contribution in [2.75, 3.05) is 6.54 Å². The summed E-state index contributed by atoms with van der Waals surface area (Å²) in [5, 5.41) is 2.12. The zero-order valence-electron chi connectivity index (χ0n) is 7.90. The Kier molecular flexibility index (Phi) is 3.56. The van der Waals surface area contributed by atoms with E-state index in [9.17, 15) is 14.4 Å². The lowest BCUT2D eigenvalue weighted by Crippen LogP contribution is -2.37. The van der Waals surface area contributed by atoms with Gasteiger partial charge in [-0.25, -0.2) is 0 Å². The Labute approximate surface area is 86.3 Å². The third-order valence-corrected chi connectivity index (χ3v) is 1.67. The van der Waals surface area contributed by atoms with Crippen molar-refractivity contribution in [1.82, 2.24) is 5.32 Å². The minimum Gasteiger partial charge on any atom is -0.368 e. The van der Waals surface area contributed by atoms with Gasteiger partial charge in [0.05, 0.1) is 6.54 Å². The summed E-state index contributed by atoms with van der Waals surface area (Å²) in [4.78, 5) is 32.9. The summed E-state index contributed by atoms with van der Waals surface area (Å²) in [6.45, 7) is -0.336. The molecule has 0 saturated carbocycles. The molecule has 1 aromatic rings. The first kappa shape index (κ1) is 10.9. The Morgan fingerprint density at radius 1 is 1.13 bits per heavy atom. The Balaban J connectivity index is 2.62. The number of benzene rings is 1. The average molecular weight is 206 g/mol. The van der Waals surface area contributed by atoms with Crippen LogP contribution in [0.4, 0.5) is 0 Å². The molecule has 0 aliphatic heterocycles. The van der Waals surface area contributed by atoms with Gasteiger partial charge in [0.25, 0.3) is 5.91 Å². The highest BCUT2D eigenvalue weighted by Gasteiger charge is 2.15. The van der Waals surface area contributed by atoms with Crippen LogP contribution in [0.5, 0.6) is 0 Å². The largest absolute Gasteiger partial charge is 0.368 e. The van der Waals surface area contributed by atoms with E-state index >= 15 is 0 Å². The van der Waals surface area contributed by atoms with Crippen molar-refractivity contribution in [3.63, 3.8) is 0 Å². The third kappa shape index (κ3) is 3.22. The first-order chi connectivity index (χ1) is 7.11. The number of hydrogen-bond acceptors (Lipinski definition) is 3. The zero-order valence-corrected chi connectivity index (χ0v) is 7.90. The van der Waals surface area contributed by atoms with Crippen molar-refractivity contribution in [2.45, 2.75) is 0 Å². The molecule has 0 saturated heterocycles. The van der Waals surface area contributed by atoms with Gasteiger partial charge in [0.1, 0.15) is 0 Å². The van der Waals surface area contributed by atoms with Crippen molar-refractivity contribution in [1.29, 1.82) is 0 Å². The monoisotopic (exact) mass is 206 g/mol. The lowest BCUT2D eigenvalue weighted by Gasteiger charge is -2.01. The summed E-state index contributed by atoms with van der Waals surface area (Å²) >= 11 is 0. The number of carbonyl (C=O) groups is 3. The van der Waals surface area contributed by atoms with Gasteiger partial charge in [-0.15, -0.1) is 0 Å². The molecule has 0 spiro atoms. The zero-order chi connectivity index (χ0) is 11.3. The Bertz CT molecular complexity index is 387. The fourth-order valence-electron chi connectivity index (χ4n) is 0.968. The Morgan fingerprint density at radius 2 is 1.73 bits per heavy atom. The number of amides is 2. The minimum absolute atomic E-state index is 0.277. The number of rotatable bonds is 4. The fraction of sp³-hybridized carbons (Fsp3) is 0.100. The summed E-state index contributed by atoms with van der Waals surface area (Å²) in [6.07, 6.45) is 0. The summed E-state index contributed by atoms with van der Waals surface area (Å²) in [7, 11) is 0. The van der Waals surface area contributed by atoms with E-state index in [4.69, 9.17) is 5.73 Å². The van der Waals surface area contributed by atoms with E-state index in [-0.39, 0.29) is 12.1 Å². The second-order valence-electron chi connectivity index (χ2n) is 2.84. The van der Waals surface area contributed by atoms with Crippen molar-refractivity contribution >= 4 is 17.6 Å². The molecule has 2 amide bonds.